The molecule has 0 fully saturated rings. The van der Waals surface area contributed by atoms with Crippen LogP contribution in [0, 0.1) is 6.92 Å². The van der Waals surface area contributed by atoms with E-state index in [0.717, 1.165) is 73.0 Å². The summed E-state index contributed by atoms with van der Waals surface area (Å²) in [6, 6.07) is 6.82. The van der Waals surface area contributed by atoms with Gasteiger partial charge in [0.05, 0.1) is 10.6 Å². The van der Waals surface area contributed by atoms with Gasteiger partial charge in [0.1, 0.15) is 16.5 Å². The van der Waals surface area contributed by atoms with E-state index in [0.29, 0.717) is 23.3 Å². The summed E-state index contributed by atoms with van der Waals surface area (Å²) in [5.74, 6) is 0.838. The maximum absolute atomic E-state index is 12.1. The number of sulfonamides is 1. The molecule has 0 unspecified atom stereocenters. The normalized spacial score (nSPS) is 13.4. The average Bonchev–Trinajstić information content (AvgIpc) is 3.27. The number of aromatic carboxylic acids is 1. The standard InChI is InChI=1S/C25H34N8O4S2/c1-16-20(23(34)35)38-25(28-16)31-24-29-21(27-12-6-13-32(3)4)19-7-5-14-33(22(19)30-24)15-17-8-10-18(11-9-17)39(36,37)26-2/h8-11,26H,5-7,12-15H2,1-4H3,(H,34,35)(H2,27,28,29,30,31). The number of aromatic nitrogens is 3. The first-order valence-corrected chi connectivity index (χ1v) is 14.9. The number of carboxylic acid groups (broad SMARTS) is 1. The minimum atomic E-state index is -3.51. The van der Waals surface area contributed by atoms with E-state index in [1.165, 1.54) is 7.05 Å². The summed E-state index contributed by atoms with van der Waals surface area (Å²) in [4.78, 5) is 30.1. The summed E-state index contributed by atoms with van der Waals surface area (Å²) in [6.07, 6.45) is 2.68. The van der Waals surface area contributed by atoms with Crippen LogP contribution in [-0.2, 0) is 23.0 Å². The van der Waals surface area contributed by atoms with Gasteiger partial charge in [0.25, 0.3) is 0 Å². The molecule has 4 N–H and O–H groups in total. The molecule has 0 saturated carbocycles. The van der Waals surface area contributed by atoms with Gasteiger partial charge in [0.2, 0.25) is 16.0 Å². The zero-order chi connectivity index (χ0) is 28.2. The van der Waals surface area contributed by atoms with Crippen molar-refractivity contribution in [1.29, 1.82) is 0 Å². The van der Waals surface area contributed by atoms with E-state index in [4.69, 9.17) is 9.97 Å². The molecule has 12 nitrogen and oxygen atoms in total. The molecule has 0 atom stereocenters. The maximum Gasteiger partial charge on any atom is 0.347 e. The van der Waals surface area contributed by atoms with Gasteiger partial charge < -0.3 is 20.2 Å². The highest BCUT2D eigenvalue weighted by molar-refractivity contribution is 7.89. The number of anilines is 4. The van der Waals surface area contributed by atoms with Crippen LogP contribution in [0.15, 0.2) is 29.2 Å². The van der Waals surface area contributed by atoms with Crippen LogP contribution in [0.1, 0.15) is 39.3 Å². The Morgan fingerprint density at radius 3 is 2.56 bits per heavy atom. The first kappa shape index (κ1) is 28.7. The number of hydrogen-bond donors (Lipinski definition) is 4. The van der Waals surface area contributed by atoms with Crippen molar-refractivity contribution in [3.63, 3.8) is 0 Å². The second-order valence-electron chi connectivity index (χ2n) is 9.52. The lowest BCUT2D eigenvalue weighted by Gasteiger charge is -2.31. The third kappa shape index (κ3) is 7.01. The smallest absolute Gasteiger partial charge is 0.347 e. The van der Waals surface area contributed by atoms with Crippen LogP contribution in [0.5, 0.6) is 0 Å². The van der Waals surface area contributed by atoms with Crippen LogP contribution in [0.3, 0.4) is 0 Å². The van der Waals surface area contributed by atoms with Crippen molar-refractivity contribution in [2.24, 2.45) is 0 Å². The third-order valence-electron chi connectivity index (χ3n) is 6.30. The number of hydrogen-bond acceptors (Lipinski definition) is 11. The summed E-state index contributed by atoms with van der Waals surface area (Å²) in [5, 5.41) is 16.4. The van der Waals surface area contributed by atoms with Gasteiger partial charge in [-0.15, -0.1) is 0 Å². The van der Waals surface area contributed by atoms with Crippen LogP contribution >= 0.6 is 11.3 Å². The molecule has 3 heterocycles. The van der Waals surface area contributed by atoms with Crippen LogP contribution in [0.4, 0.5) is 22.7 Å². The Bertz CT molecular complexity index is 1420. The Kier molecular flexibility index (Phi) is 9.00. The zero-order valence-corrected chi connectivity index (χ0v) is 24.1. The van der Waals surface area contributed by atoms with Crippen LogP contribution in [0.25, 0.3) is 0 Å². The van der Waals surface area contributed by atoms with E-state index in [-0.39, 0.29) is 9.77 Å². The Labute approximate surface area is 232 Å². The molecule has 1 aliphatic heterocycles. The lowest BCUT2D eigenvalue weighted by atomic mass is 10.0. The predicted octanol–water partition coefficient (Wildman–Crippen LogP) is 2.91. The van der Waals surface area contributed by atoms with Gasteiger partial charge in [-0.25, -0.2) is 22.9 Å². The number of rotatable bonds is 12. The first-order valence-electron chi connectivity index (χ1n) is 12.6. The van der Waals surface area contributed by atoms with Crippen molar-refractivity contribution in [3.05, 3.63) is 46.0 Å². The first-order chi connectivity index (χ1) is 18.6. The van der Waals surface area contributed by atoms with Gasteiger partial charge in [-0.05, 0) is 71.6 Å². The highest BCUT2D eigenvalue weighted by Crippen LogP contribution is 2.34. The maximum atomic E-state index is 12.1. The molecule has 3 aromatic rings. The molecule has 2 aromatic heterocycles. The summed E-state index contributed by atoms with van der Waals surface area (Å²) < 4.78 is 26.5. The zero-order valence-electron chi connectivity index (χ0n) is 22.5. The Morgan fingerprint density at radius 1 is 1.18 bits per heavy atom. The van der Waals surface area contributed by atoms with E-state index < -0.39 is 16.0 Å². The van der Waals surface area contributed by atoms with Gasteiger partial charge in [-0.3, -0.25) is 5.32 Å². The molecule has 0 amide bonds. The molecule has 0 bridgehead atoms. The van der Waals surface area contributed by atoms with E-state index in [1.54, 1.807) is 19.1 Å². The average molecular weight is 575 g/mol. The van der Waals surface area contributed by atoms with Gasteiger partial charge in [-0.2, -0.15) is 9.97 Å². The van der Waals surface area contributed by atoms with E-state index in [2.05, 4.69) is 30.1 Å². The second-order valence-corrected chi connectivity index (χ2v) is 12.4. The highest BCUT2D eigenvalue weighted by Gasteiger charge is 2.25. The minimum absolute atomic E-state index is 0.169. The van der Waals surface area contributed by atoms with Crippen LogP contribution < -0.4 is 20.3 Å². The summed E-state index contributed by atoms with van der Waals surface area (Å²) in [6.45, 7) is 4.66. The fraction of sp³-hybridized carbons (Fsp3) is 0.440. The molecular weight excluding hydrogens is 540 g/mol. The Balaban J connectivity index is 1.64. The molecule has 14 heteroatoms. The molecule has 210 valence electrons. The number of benzene rings is 1. The highest BCUT2D eigenvalue weighted by atomic mass is 32.2. The van der Waals surface area contributed by atoms with Crippen LogP contribution in [0.2, 0.25) is 0 Å². The van der Waals surface area contributed by atoms with Gasteiger partial charge in [-0.1, -0.05) is 23.5 Å². The molecule has 0 aliphatic carbocycles. The van der Waals surface area contributed by atoms with Crippen molar-refractivity contribution in [2.45, 2.75) is 37.6 Å². The quantitative estimate of drug-likeness (QED) is 0.236. The summed E-state index contributed by atoms with van der Waals surface area (Å²) >= 11 is 1.04. The molecule has 0 spiro atoms. The lowest BCUT2D eigenvalue weighted by molar-refractivity contribution is 0.0701. The van der Waals surface area contributed by atoms with Crippen molar-refractivity contribution in [2.75, 3.05) is 56.3 Å². The molecule has 1 aliphatic rings. The minimum Gasteiger partial charge on any atom is -0.477 e. The largest absolute Gasteiger partial charge is 0.477 e. The van der Waals surface area contributed by atoms with Gasteiger partial charge in [0, 0.05) is 25.2 Å². The van der Waals surface area contributed by atoms with E-state index >= 15 is 0 Å². The molecule has 1 aromatic carbocycles. The Morgan fingerprint density at radius 2 is 1.92 bits per heavy atom. The number of thiazole rings is 1. The third-order valence-corrected chi connectivity index (χ3v) is 8.79. The summed E-state index contributed by atoms with van der Waals surface area (Å²) in [5.41, 5.74) is 2.40. The molecule has 4 rings (SSSR count). The number of aryl methyl sites for hydroxylation is 1. The predicted molar refractivity (Wildman–Crippen MR) is 153 cm³/mol. The molecular formula is C25H34N8O4S2. The lowest BCUT2D eigenvalue weighted by Crippen LogP contribution is -2.31. The van der Waals surface area contributed by atoms with Gasteiger partial charge in [0.15, 0.2) is 5.13 Å². The molecule has 0 radical (unpaired) electrons. The van der Waals surface area contributed by atoms with Gasteiger partial charge >= 0.3 is 5.97 Å². The topological polar surface area (TPSA) is 153 Å². The van der Waals surface area contributed by atoms with Crippen molar-refractivity contribution in [1.82, 2.24) is 24.6 Å². The number of carbonyl (C=O) groups is 1. The molecule has 0 saturated heterocycles. The second kappa shape index (κ2) is 12.2. The summed E-state index contributed by atoms with van der Waals surface area (Å²) in [7, 11) is 1.96. The number of nitrogens with one attached hydrogen (secondary N) is 3. The van der Waals surface area contributed by atoms with Crippen molar-refractivity contribution < 1.29 is 18.3 Å². The van der Waals surface area contributed by atoms with E-state index in [1.807, 2.05) is 26.2 Å². The number of carboxylic acids is 1. The van der Waals surface area contributed by atoms with E-state index in [9.17, 15) is 18.3 Å². The molecule has 39 heavy (non-hydrogen) atoms. The van der Waals surface area contributed by atoms with Crippen molar-refractivity contribution >= 4 is 50.0 Å². The SMILES string of the molecule is CNS(=O)(=O)c1ccc(CN2CCCc3c(NCCCN(C)C)nc(Nc4nc(C)c(C(=O)O)s4)nc32)cc1. The number of nitrogens with zero attached hydrogens (tertiary/aromatic N) is 5. The fourth-order valence-corrected chi connectivity index (χ4v) is 5.86. The number of fused-ring (bicyclic) bond motifs is 1. The van der Waals surface area contributed by atoms with Crippen LogP contribution in [-0.4, -0.2) is 80.1 Å². The monoisotopic (exact) mass is 574 g/mol. The van der Waals surface area contributed by atoms with Crippen molar-refractivity contribution in [3.8, 4) is 0 Å². The Hall–Kier alpha value is -3.33. The fourth-order valence-electron chi connectivity index (χ4n) is 4.33.